The summed E-state index contributed by atoms with van der Waals surface area (Å²) in [7, 11) is 0. The molecule has 348 valence electrons. The molecule has 2 aromatic heterocycles. The average Bonchev–Trinajstić information content (AvgIpc) is 4.05. The van der Waals surface area contributed by atoms with E-state index in [1.54, 1.807) is 0 Å². The third-order valence-electron chi connectivity index (χ3n) is 16.7. The van der Waals surface area contributed by atoms with Gasteiger partial charge in [-0.2, -0.15) is 0 Å². The van der Waals surface area contributed by atoms with Crippen molar-refractivity contribution in [2.45, 2.75) is 17.3 Å². The molecule has 10 aromatic carbocycles. The van der Waals surface area contributed by atoms with E-state index in [9.17, 15) is 0 Å². The maximum Gasteiger partial charge on any atom is 0.164 e. The Kier molecular flexibility index (Phi) is 9.05. The van der Waals surface area contributed by atoms with E-state index in [0.717, 1.165) is 33.4 Å². The van der Waals surface area contributed by atoms with E-state index < -0.39 is 5.41 Å². The van der Waals surface area contributed by atoms with Crippen LogP contribution in [0.15, 0.2) is 255 Å². The van der Waals surface area contributed by atoms with Crippen molar-refractivity contribution in [1.82, 2.24) is 19.9 Å². The molecule has 2 unspecified atom stereocenters. The predicted octanol–water partition coefficient (Wildman–Crippen LogP) is 16.6. The van der Waals surface area contributed by atoms with Crippen LogP contribution in [0.4, 0.5) is 0 Å². The van der Waals surface area contributed by atoms with Crippen molar-refractivity contribution in [2.75, 3.05) is 0 Å². The van der Waals surface area contributed by atoms with E-state index in [1.807, 2.05) is 18.5 Å². The Morgan fingerprint density at radius 3 is 1.33 bits per heavy atom. The summed E-state index contributed by atoms with van der Waals surface area (Å²) in [5, 5.41) is 0. The third-order valence-corrected chi connectivity index (χ3v) is 16.7. The molecule has 75 heavy (non-hydrogen) atoms. The smallest absolute Gasteiger partial charge is 0.164 e. The number of fused-ring (bicyclic) bond motifs is 10. The molecule has 0 amide bonds. The largest absolute Gasteiger partial charge is 0.264 e. The van der Waals surface area contributed by atoms with Crippen LogP contribution in [0.5, 0.6) is 0 Å². The summed E-state index contributed by atoms with van der Waals surface area (Å²) in [6, 6.07) is 89.0. The zero-order chi connectivity index (χ0) is 49.2. The lowest BCUT2D eigenvalue weighted by Gasteiger charge is -2.42. The zero-order valence-electron chi connectivity index (χ0n) is 40.7. The average molecular weight is 953 g/mol. The molecule has 12 aromatic rings. The summed E-state index contributed by atoms with van der Waals surface area (Å²) >= 11 is 0. The highest BCUT2D eigenvalue weighted by Crippen LogP contribution is 2.64. The molecule has 0 fully saturated rings. The van der Waals surface area contributed by atoms with Crippen molar-refractivity contribution in [3.05, 3.63) is 311 Å². The summed E-state index contributed by atoms with van der Waals surface area (Å²) in [6.07, 6.45) is 3.74. The van der Waals surface area contributed by atoms with Crippen LogP contribution in [0.1, 0.15) is 67.5 Å². The quantitative estimate of drug-likeness (QED) is 0.167. The van der Waals surface area contributed by atoms with Crippen LogP contribution in [-0.4, -0.2) is 19.9 Å². The van der Waals surface area contributed by atoms with Crippen LogP contribution >= 0.6 is 0 Å². The minimum Gasteiger partial charge on any atom is -0.264 e. The minimum absolute atomic E-state index is 0.0618. The van der Waals surface area contributed by atoms with Gasteiger partial charge < -0.3 is 0 Å². The van der Waals surface area contributed by atoms with Crippen LogP contribution in [0, 0.1) is 0 Å². The van der Waals surface area contributed by atoms with Crippen molar-refractivity contribution in [2.24, 2.45) is 0 Å². The Bertz CT molecular complexity index is 4250. The topological polar surface area (TPSA) is 51.6 Å². The second-order valence-corrected chi connectivity index (χ2v) is 20.4. The van der Waals surface area contributed by atoms with Crippen molar-refractivity contribution in [1.29, 1.82) is 0 Å². The molecule has 4 heteroatoms. The summed E-state index contributed by atoms with van der Waals surface area (Å²) in [4.78, 5) is 20.8. The second kappa shape index (κ2) is 16.2. The molecule has 2 atom stereocenters. The molecule has 1 spiro atoms. The molecule has 0 N–H and O–H groups in total. The summed E-state index contributed by atoms with van der Waals surface area (Å²) in [5.41, 5.74) is 27.6. The third kappa shape index (κ3) is 6.11. The molecule has 0 radical (unpaired) electrons. The molecule has 17 rings (SSSR count). The van der Waals surface area contributed by atoms with Gasteiger partial charge in [-0.15, -0.1) is 0 Å². The Labute approximate surface area is 435 Å². The lowest BCUT2D eigenvalue weighted by Crippen LogP contribution is -2.27. The first-order chi connectivity index (χ1) is 37.2. The Morgan fingerprint density at radius 1 is 0.267 bits per heavy atom. The van der Waals surface area contributed by atoms with E-state index in [-0.39, 0.29) is 11.8 Å². The van der Waals surface area contributed by atoms with Crippen molar-refractivity contribution in [3.8, 4) is 89.8 Å². The van der Waals surface area contributed by atoms with Crippen molar-refractivity contribution in [3.63, 3.8) is 0 Å². The maximum absolute atomic E-state index is 5.56. The first kappa shape index (κ1) is 41.9. The van der Waals surface area contributed by atoms with E-state index in [0.29, 0.717) is 17.5 Å². The molecular weight excluding hydrogens is 909 g/mol. The Hall–Kier alpha value is -9.64. The standard InChI is InChI=1S/C71H44N4/c1-2-14-43(15-3-1)44-31-33-47(34-32-44)68-73-69(75-70(74-68)58-22-12-26-64-67(58)57-21-8-11-25-63(57)71(64)61-23-9-6-17-51(61)52-18-7-10-24-62(52)71)49-36-38-56-60(41-49)66-54-20-5-4-19-53(54)65(56)59-40-48(35-37-55(59)66)45-27-29-46(30-28-45)50-16-13-39-72-42-50/h1-42,65-66H. The lowest BCUT2D eigenvalue weighted by atomic mass is 9.60. The zero-order valence-corrected chi connectivity index (χ0v) is 40.7. The Balaban J connectivity index is 0.859. The van der Waals surface area contributed by atoms with Crippen LogP contribution in [0.2, 0.25) is 0 Å². The van der Waals surface area contributed by atoms with Gasteiger partial charge in [0.2, 0.25) is 0 Å². The summed E-state index contributed by atoms with van der Waals surface area (Å²) < 4.78 is 0. The molecule has 5 aliphatic rings. The monoisotopic (exact) mass is 952 g/mol. The molecule has 0 aliphatic heterocycles. The highest BCUT2D eigenvalue weighted by molar-refractivity contribution is 5.99. The van der Waals surface area contributed by atoms with Gasteiger partial charge in [0.1, 0.15) is 0 Å². The van der Waals surface area contributed by atoms with E-state index >= 15 is 0 Å². The number of hydrogen-bond acceptors (Lipinski definition) is 4. The van der Waals surface area contributed by atoms with Gasteiger partial charge in [-0.25, -0.2) is 15.0 Å². The minimum atomic E-state index is -0.489. The molecule has 5 aliphatic carbocycles. The highest BCUT2D eigenvalue weighted by atomic mass is 15.0. The molecule has 0 saturated heterocycles. The highest BCUT2D eigenvalue weighted by Gasteiger charge is 2.52. The van der Waals surface area contributed by atoms with Crippen LogP contribution in [0.3, 0.4) is 0 Å². The first-order valence-corrected chi connectivity index (χ1v) is 25.9. The second-order valence-electron chi connectivity index (χ2n) is 20.4. The predicted molar refractivity (Wildman–Crippen MR) is 301 cm³/mol. The summed E-state index contributed by atoms with van der Waals surface area (Å²) in [6.45, 7) is 0. The van der Waals surface area contributed by atoms with Crippen molar-refractivity contribution < 1.29 is 0 Å². The van der Waals surface area contributed by atoms with Gasteiger partial charge in [-0.3, -0.25) is 4.98 Å². The van der Waals surface area contributed by atoms with Gasteiger partial charge in [-0.1, -0.05) is 224 Å². The Morgan fingerprint density at radius 2 is 0.693 bits per heavy atom. The van der Waals surface area contributed by atoms with Gasteiger partial charge in [0.05, 0.1) is 5.41 Å². The fraction of sp³-hybridized carbons (Fsp3) is 0.0423. The number of rotatable bonds is 6. The van der Waals surface area contributed by atoms with Gasteiger partial charge in [0, 0.05) is 40.9 Å². The van der Waals surface area contributed by atoms with Gasteiger partial charge >= 0.3 is 0 Å². The number of aromatic nitrogens is 4. The number of pyridine rings is 1. The van der Waals surface area contributed by atoms with E-state index in [1.165, 1.54) is 94.6 Å². The molecule has 0 saturated carbocycles. The number of nitrogens with zero attached hydrogens (tertiary/aromatic N) is 4. The van der Waals surface area contributed by atoms with Crippen LogP contribution in [0.25, 0.3) is 89.8 Å². The number of hydrogen-bond donors (Lipinski definition) is 0. The van der Waals surface area contributed by atoms with Gasteiger partial charge in [-0.05, 0) is 129 Å². The molecular formula is C71H44N4. The van der Waals surface area contributed by atoms with Gasteiger partial charge in [0.25, 0.3) is 0 Å². The van der Waals surface area contributed by atoms with Crippen LogP contribution in [-0.2, 0) is 5.41 Å². The summed E-state index contributed by atoms with van der Waals surface area (Å²) in [5.74, 6) is 2.10. The SMILES string of the molecule is c1ccc(-c2ccc(-c3nc(-c4ccc5c(c4)C4c6ccccc6C5c5cc(-c6ccc(-c7cccnc7)cc6)ccc54)nc(-c4cccc5c4-c4ccccc4C54c5ccccc5-c5ccccc54)n3)cc2)cc1. The molecule has 4 nitrogen and oxygen atoms in total. The van der Waals surface area contributed by atoms with Crippen LogP contribution < -0.4 is 0 Å². The molecule has 2 heterocycles. The molecule has 2 bridgehead atoms. The van der Waals surface area contributed by atoms with E-state index in [4.69, 9.17) is 15.0 Å². The lowest BCUT2D eigenvalue weighted by molar-refractivity contribution is 0.755. The van der Waals surface area contributed by atoms with Crippen molar-refractivity contribution >= 4 is 0 Å². The first-order valence-electron chi connectivity index (χ1n) is 25.9. The fourth-order valence-electron chi connectivity index (χ4n) is 13.5. The number of benzene rings is 10. The maximum atomic E-state index is 5.56. The fourth-order valence-corrected chi connectivity index (χ4v) is 13.5. The van der Waals surface area contributed by atoms with Gasteiger partial charge in [0.15, 0.2) is 17.5 Å². The normalized spacial score (nSPS) is 15.3. The van der Waals surface area contributed by atoms with E-state index in [2.05, 4.69) is 242 Å².